The van der Waals surface area contributed by atoms with E-state index in [-0.39, 0.29) is 18.4 Å². The van der Waals surface area contributed by atoms with Gasteiger partial charge in [0.25, 0.3) is 11.8 Å². The number of ether oxygens (including phenoxy) is 1. The van der Waals surface area contributed by atoms with Crippen LogP contribution in [0.3, 0.4) is 0 Å². The van der Waals surface area contributed by atoms with Gasteiger partial charge in [-0.15, -0.1) is 0 Å². The van der Waals surface area contributed by atoms with Crippen LogP contribution in [0.5, 0.6) is 5.75 Å². The molecule has 0 bridgehead atoms. The summed E-state index contributed by atoms with van der Waals surface area (Å²) < 4.78 is 5.55. The number of anilines is 2. The molecule has 5 nitrogen and oxygen atoms in total. The third kappa shape index (κ3) is 3.09. The van der Waals surface area contributed by atoms with Crippen molar-refractivity contribution in [2.75, 3.05) is 23.9 Å². The number of likely N-dealkylation sites (N-methyl/N-ethyl adjacent to an activating group) is 1. The first-order chi connectivity index (χ1) is 11.9. The van der Waals surface area contributed by atoms with Gasteiger partial charge in [0.1, 0.15) is 0 Å². The number of carbonyl (C=O) groups excluding carboxylic acids is 2. The maximum Gasteiger partial charge on any atom is 0.264 e. The second-order valence-corrected chi connectivity index (χ2v) is 6.54. The van der Waals surface area contributed by atoms with E-state index in [0.717, 1.165) is 16.8 Å². The Balaban J connectivity index is 1.98. The molecule has 25 heavy (non-hydrogen) atoms. The SMILES string of the molecule is Cc1cccc(C(C)C)c1NC(=O)c1cccc2c1OCC(=O)N2C. The Kier molecular flexibility index (Phi) is 4.49. The summed E-state index contributed by atoms with van der Waals surface area (Å²) in [6.45, 7) is 6.11. The Hall–Kier alpha value is -2.82. The van der Waals surface area contributed by atoms with Crippen molar-refractivity contribution in [1.82, 2.24) is 0 Å². The minimum Gasteiger partial charge on any atom is -0.481 e. The second-order valence-electron chi connectivity index (χ2n) is 6.54. The van der Waals surface area contributed by atoms with Crippen LogP contribution in [0, 0.1) is 6.92 Å². The third-order valence-electron chi connectivity index (χ3n) is 4.48. The lowest BCUT2D eigenvalue weighted by atomic mass is 9.98. The van der Waals surface area contributed by atoms with Crippen LogP contribution in [0.4, 0.5) is 11.4 Å². The molecule has 0 spiro atoms. The molecule has 1 N–H and O–H groups in total. The molecule has 1 aliphatic rings. The van der Waals surface area contributed by atoms with Gasteiger partial charge in [0.2, 0.25) is 0 Å². The monoisotopic (exact) mass is 338 g/mol. The molecular weight excluding hydrogens is 316 g/mol. The maximum atomic E-state index is 12.9. The number of hydrogen-bond acceptors (Lipinski definition) is 3. The average Bonchev–Trinajstić information content (AvgIpc) is 2.59. The number of aryl methyl sites for hydroxylation is 1. The summed E-state index contributed by atoms with van der Waals surface area (Å²) in [5, 5.41) is 3.03. The fraction of sp³-hybridized carbons (Fsp3) is 0.300. The molecule has 0 aliphatic carbocycles. The molecule has 130 valence electrons. The van der Waals surface area contributed by atoms with E-state index < -0.39 is 0 Å². The minimum absolute atomic E-state index is 0.0601. The van der Waals surface area contributed by atoms with Crippen molar-refractivity contribution in [3.05, 3.63) is 53.1 Å². The summed E-state index contributed by atoms with van der Waals surface area (Å²) in [6, 6.07) is 11.2. The lowest BCUT2D eigenvalue weighted by Gasteiger charge is -2.27. The summed E-state index contributed by atoms with van der Waals surface area (Å²) >= 11 is 0. The summed E-state index contributed by atoms with van der Waals surface area (Å²) in [5.41, 5.74) is 3.97. The Morgan fingerprint density at radius 1 is 1.20 bits per heavy atom. The smallest absolute Gasteiger partial charge is 0.264 e. The summed E-state index contributed by atoms with van der Waals surface area (Å²) in [6.07, 6.45) is 0. The molecule has 0 unspecified atom stereocenters. The average molecular weight is 338 g/mol. The number of para-hydroxylation sites is 2. The molecule has 2 aromatic rings. The highest BCUT2D eigenvalue weighted by Gasteiger charge is 2.27. The molecule has 3 rings (SSSR count). The Morgan fingerprint density at radius 2 is 1.92 bits per heavy atom. The van der Waals surface area contributed by atoms with Crippen LogP contribution in [0.15, 0.2) is 36.4 Å². The molecule has 0 saturated heterocycles. The van der Waals surface area contributed by atoms with Crippen LogP contribution in [-0.4, -0.2) is 25.5 Å². The van der Waals surface area contributed by atoms with Gasteiger partial charge in [0.05, 0.1) is 11.3 Å². The molecular formula is C20H22N2O3. The van der Waals surface area contributed by atoms with Crippen molar-refractivity contribution < 1.29 is 14.3 Å². The predicted octanol–water partition coefficient (Wildman–Crippen LogP) is 3.73. The molecule has 0 radical (unpaired) electrons. The zero-order chi connectivity index (χ0) is 18.1. The van der Waals surface area contributed by atoms with Crippen LogP contribution in [0.25, 0.3) is 0 Å². The Bertz CT molecular complexity index is 843. The van der Waals surface area contributed by atoms with Crippen molar-refractivity contribution in [3.8, 4) is 5.75 Å². The standard InChI is InChI=1S/C20H22N2O3/c1-12(2)14-8-5-7-13(3)18(14)21-20(24)15-9-6-10-16-19(15)25-11-17(23)22(16)4/h5-10,12H,11H2,1-4H3,(H,21,24). The van der Waals surface area contributed by atoms with E-state index in [1.165, 1.54) is 4.90 Å². The molecule has 2 amide bonds. The number of carbonyl (C=O) groups is 2. The third-order valence-corrected chi connectivity index (χ3v) is 4.48. The van der Waals surface area contributed by atoms with E-state index in [1.807, 2.05) is 25.1 Å². The highest BCUT2D eigenvalue weighted by Crippen LogP contribution is 2.35. The van der Waals surface area contributed by atoms with Crippen molar-refractivity contribution in [1.29, 1.82) is 0 Å². The number of nitrogens with zero attached hydrogens (tertiary/aromatic N) is 1. The number of fused-ring (bicyclic) bond motifs is 1. The van der Waals surface area contributed by atoms with Crippen LogP contribution in [0.2, 0.25) is 0 Å². The van der Waals surface area contributed by atoms with Crippen LogP contribution >= 0.6 is 0 Å². The van der Waals surface area contributed by atoms with E-state index in [4.69, 9.17) is 4.74 Å². The number of benzene rings is 2. The molecule has 0 saturated carbocycles. The lowest BCUT2D eigenvalue weighted by Crippen LogP contribution is -2.36. The van der Waals surface area contributed by atoms with Crippen LogP contribution in [0.1, 0.15) is 41.3 Å². The van der Waals surface area contributed by atoms with Gasteiger partial charge in [0.15, 0.2) is 12.4 Å². The van der Waals surface area contributed by atoms with E-state index in [9.17, 15) is 9.59 Å². The zero-order valence-electron chi connectivity index (χ0n) is 14.9. The first-order valence-corrected chi connectivity index (χ1v) is 8.33. The molecule has 0 atom stereocenters. The summed E-state index contributed by atoms with van der Waals surface area (Å²) in [5.74, 6) is 0.364. The minimum atomic E-state index is -0.240. The quantitative estimate of drug-likeness (QED) is 0.928. The van der Waals surface area contributed by atoms with E-state index in [2.05, 4.69) is 19.2 Å². The van der Waals surface area contributed by atoms with Gasteiger partial charge >= 0.3 is 0 Å². The fourth-order valence-corrected chi connectivity index (χ4v) is 3.01. The van der Waals surface area contributed by atoms with Crippen LogP contribution < -0.4 is 15.0 Å². The molecule has 1 heterocycles. The van der Waals surface area contributed by atoms with Gasteiger partial charge in [-0.2, -0.15) is 0 Å². The predicted molar refractivity (Wildman–Crippen MR) is 98.6 cm³/mol. The number of hydrogen-bond donors (Lipinski definition) is 1. The first-order valence-electron chi connectivity index (χ1n) is 8.33. The van der Waals surface area contributed by atoms with Crippen molar-refractivity contribution in [2.24, 2.45) is 0 Å². The largest absolute Gasteiger partial charge is 0.481 e. The number of amides is 2. The van der Waals surface area contributed by atoms with Crippen molar-refractivity contribution in [3.63, 3.8) is 0 Å². The van der Waals surface area contributed by atoms with Crippen molar-refractivity contribution in [2.45, 2.75) is 26.7 Å². The lowest BCUT2D eigenvalue weighted by molar-refractivity contribution is -0.121. The fourth-order valence-electron chi connectivity index (χ4n) is 3.01. The summed E-state index contributed by atoms with van der Waals surface area (Å²) in [7, 11) is 1.68. The maximum absolute atomic E-state index is 12.9. The van der Waals surface area contributed by atoms with Gasteiger partial charge in [-0.25, -0.2) is 0 Å². The number of rotatable bonds is 3. The van der Waals surface area contributed by atoms with Gasteiger partial charge in [-0.3, -0.25) is 9.59 Å². The molecule has 0 fully saturated rings. The first kappa shape index (κ1) is 17.0. The highest BCUT2D eigenvalue weighted by atomic mass is 16.5. The number of nitrogens with one attached hydrogen (secondary N) is 1. The highest BCUT2D eigenvalue weighted by molar-refractivity contribution is 6.10. The van der Waals surface area contributed by atoms with Gasteiger partial charge in [-0.05, 0) is 36.1 Å². The summed E-state index contributed by atoms with van der Waals surface area (Å²) in [4.78, 5) is 26.2. The van der Waals surface area contributed by atoms with Gasteiger partial charge in [0, 0.05) is 12.7 Å². The van der Waals surface area contributed by atoms with Gasteiger partial charge < -0.3 is 15.0 Å². The topological polar surface area (TPSA) is 58.6 Å². The van der Waals surface area contributed by atoms with Crippen molar-refractivity contribution >= 4 is 23.2 Å². The molecule has 0 aromatic heterocycles. The molecule has 5 heteroatoms. The normalized spacial score (nSPS) is 13.5. The second kappa shape index (κ2) is 6.59. The van der Waals surface area contributed by atoms with E-state index in [1.54, 1.807) is 25.2 Å². The zero-order valence-corrected chi connectivity index (χ0v) is 14.9. The van der Waals surface area contributed by atoms with E-state index >= 15 is 0 Å². The molecule has 1 aliphatic heterocycles. The Labute approximate surface area is 147 Å². The van der Waals surface area contributed by atoms with Gasteiger partial charge in [-0.1, -0.05) is 38.1 Å². The Morgan fingerprint density at radius 3 is 2.64 bits per heavy atom. The van der Waals surface area contributed by atoms with E-state index in [0.29, 0.717) is 22.9 Å². The van der Waals surface area contributed by atoms with Crippen LogP contribution in [-0.2, 0) is 4.79 Å². The molecule has 2 aromatic carbocycles.